The fraction of sp³-hybridized carbons (Fsp3) is 0.167. The number of hydrogen-bond acceptors (Lipinski definition) is 6. The van der Waals surface area contributed by atoms with Crippen LogP contribution in [0.25, 0.3) is 5.78 Å². The quantitative estimate of drug-likeness (QED) is 0.725. The highest BCUT2D eigenvalue weighted by molar-refractivity contribution is 7.92. The number of sulfonamides is 1. The monoisotopic (exact) mass is 336 g/mol. The van der Waals surface area contributed by atoms with Crippen LogP contribution in [0, 0.1) is 11.7 Å². The first-order valence-corrected chi connectivity index (χ1v) is 8.16. The Morgan fingerprint density at radius 1 is 1.18 bits per heavy atom. The Kier molecular flexibility index (Phi) is 3.41. The number of anilines is 1. The molecule has 3 aromatic rings. The number of para-hydroxylation sites is 1. The van der Waals surface area contributed by atoms with E-state index in [-0.39, 0.29) is 10.9 Å². The van der Waals surface area contributed by atoms with Gasteiger partial charge in [0, 0.05) is 12.7 Å². The van der Waals surface area contributed by atoms with Gasteiger partial charge in [-0.05, 0) is 31.3 Å². The topological polar surface area (TPSA) is 94.2 Å². The predicted octanol–water partition coefficient (Wildman–Crippen LogP) is 1.30. The SMILES string of the molecule is Cc1nc2nc(S(=O)(=O)Nc3ccccc3)nn2c(=S)n1C. The van der Waals surface area contributed by atoms with E-state index in [1.165, 1.54) is 4.52 Å². The lowest BCUT2D eigenvalue weighted by molar-refractivity contribution is 0.591. The Labute approximate surface area is 131 Å². The van der Waals surface area contributed by atoms with Crippen molar-refractivity contribution in [2.45, 2.75) is 12.1 Å². The van der Waals surface area contributed by atoms with Crippen LogP contribution >= 0.6 is 12.2 Å². The minimum atomic E-state index is -3.91. The van der Waals surface area contributed by atoms with E-state index in [4.69, 9.17) is 12.2 Å². The summed E-state index contributed by atoms with van der Waals surface area (Å²) in [6.45, 7) is 1.75. The van der Waals surface area contributed by atoms with Gasteiger partial charge in [-0.1, -0.05) is 18.2 Å². The summed E-state index contributed by atoms with van der Waals surface area (Å²) in [5, 5.41) is 3.58. The summed E-state index contributed by atoms with van der Waals surface area (Å²) in [6, 6.07) is 8.50. The number of nitrogens with zero attached hydrogens (tertiary/aromatic N) is 5. The lowest BCUT2D eigenvalue weighted by atomic mass is 10.3. The number of rotatable bonds is 3. The minimum absolute atomic E-state index is 0.147. The second-order valence-electron chi connectivity index (χ2n) is 4.58. The summed E-state index contributed by atoms with van der Waals surface area (Å²) in [7, 11) is -2.18. The number of hydrogen-bond donors (Lipinski definition) is 1. The first-order valence-electron chi connectivity index (χ1n) is 6.27. The Bertz CT molecular complexity index is 1010. The van der Waals surface area contributed by atoms with Gasteiger partial charge in [-0.3, -0.25) is 4.72 Å². The van der Waals surface area contributed by atoms with Gasteiger partial charge in [-0.25, -0.2) is 0 Å². The third-order valence-corrected chi connectivity index (χ3v) is 4.66. The molecule has 0 saturated carbocycles. The van der Waals surface area contributed by atoms with E-state index in [9.17, 15) is 8.42 Å². The van der Waals surface area contributed by atoms with Gasteiger partial charge in [0.1, 0.15) is 5.82 Å². The maximum atomic E-state index is 12.3. The Morgan fingerprint density at radius 2 is 1.86 bits per heavy atom. The molecule has 0 atom stereocenters. The lowest BCUT2D eigenvalue weighted by Crippen LogP contribution is -2.14. The molecule has 8 nitrogen and oxygen atoms in total. The van der Waals surface area contributed by atoms with Crippen LogP contribution < -0.4 is 4.72 Å². The Hall–Kier alpha value is -2.33. The highest BCUT2D eigenvalue weighted by Crippen LogP contribution is 2.13. The highest BCUT2D eigenvalue weighted by atomic mass is 32.2. The Morgan fingerprint density at radius 3 is 2.55 bits per heavy atom. The molecule has 10 heteroatoms. The summed E-state index contributed by atoms with van der Waals surface area (Å²) < 4.78 is 30.2. The van der Waals surface area contributed by atoms with Gasteiger partial charge in [0.05, 0.1) is 0 Å². The molecule has 3 rings (SSSR count). The molecular weight excluding hydrogens is 324 g/mol. The third-order valence-electron chi connectivity index (χ3n) is 3.05. The highest BCUT2D eigenvalue weighted by Gasteiger charge is 2.22. The molecule has 114 valence electrons. The van der Waals surface area contributed by atoms with E-state index in [0.717, 1.165) is 0 Å². The number of nitrogens with one attached hydrogen (secondary N) is 1. The molecule has 1 N–H and O–H groups in total. The minimum Gasteiger partial charge on any atom is -0.308 e. The molecule has 0 amide bonds. The van der Waals surface area contributed by atoms with Crippen LogP contribution in [0.4, 0.5) is 5.69 Å². The van der Waals surface area contributed by atoms with Crippen LogP contribution in [-0.4, -0.2) is 32.6 Å². The van der Waals surface area contributed by atoms with Crippen molar-refractivity contribution in [3.8, 4) is 0 Å². The van der Waals surface area contributed by atoms with Crippen molar-refractivity contribution in [1.82, 2.24) is 24.1 Å². The van der Waals surface area contributed by atoms with Crippen LogP contribution in [0.15, 0.2) is 35.5 Å². The second-order valence-corrected chi connectivity index (χ2v) is 6.52. The number of fused-ring (bicyclic) bond motifs is 1. The van der Waals surface area contributed by atoms with Crippen molar-refractivity contribution < 1.29 is 8.42 Å². The molecule has 0 unspecified atom stereocenters. The zero-order valence-corrected chi connectivity index (χ0v) is 13.4. The second kappa shape index (κ2) is 5.14. The number of benzene rings is 1. The molecule has 2 heterocycles. The maximum absolute atomic E-state index is 12.3. The molecule has 0 aliphatic heterocycles. The normalized spacial score (nSPS) is 11.7. The van der Waals surface area contributed by atoms with Crippen molar-refractivity contribution in [2.75, 3.05) is 4.72 Å². The first-order chi connectivity index (χ1) is 10.4. The molecule has 0 aliphatic carbocycles. The van der Waals surface area contributed by atoms with Gasteiger partial charge in [-0.2, -0.15) is 22.9 Å². The van der Waals surface area contributed by atoms with Crippen molar-refractivity contribution in [3.63, 3.8) is 0 Å². The average molecular weight is 336 g/mol. The lowest BCUT2D eigenvalue weighted by Gasteiger charge is -2.03. The van der Waals surface area contributed by atoms with Crippen LogP contribution in [0.1, 0.15) is 5.82 Å². The Balaban J connectivity index is 2.10. The van der Waals surface area contributed by atoms with Gasteiger partial charge >= 0.3 is 0 Å². The zero-order valence-electron chi connectivity index (χ0n) is 11.8. The van der Waals surface area contributed by atoms with E-state index in [1.54, 1.807) is 48.9 Å². The molecule has 22 heavy (non-hydrogen) atoms. The van der Waals surface area contributed by atoms with Crippen LogP contribution in [0.5, 0.6) is 0 Å². The zero-order chi connectivity index (χ0) is 15.9. The van der Waals surface area contributed by atoms with Crippen molar-refractivity contribution in [3.05, 3.63) is 40.9 Å². The summed E-state index contributed by atoms with van der Waals surface area (Å²) in [5.41, 5.74) is 0.426. The molecule has 0 spiro atoms. The largest absolute Gasteiger partial charge is 0.308 e. The van der Waals surface area contributed by atoms with Gasteiger partial charge in [0.15, 0.2) is 0 Å². The van der Waals surface area contributed by atoms with Crippen LogP contribution in [0.2, 0.25) is 0 Å². The molecule has 0 saturated heterocycles. The molecule has 1 aromatic carbocycles. The molecule has 0 aliphatic rings. The molecular formula is C12H12N6O2S2. The summed E-state index contributed by atoms with van der Waals surface area (Å²) >= 11 is 5.22. The van der Waals surface area contributed by atoms with Gasteiger partial charge in [0.25, 0.3) is 21.0 Å². The van der Waals surface area contributed by atoms with Crippen molar-refractivity contribution in [1.29, 1.82) is 0 Å². The number of aromatic nitrogens is 5. The third kappa shape index (κ3) is 2.46. The average Bonchev–Trinajstić information content (AvgIpc) is 2.90. The van der Waals surface area contributed by atoms with Gasteiger partial charge in [-0.15, -0.1) is 5.10 Å². The van der Waals surface area contributed by atoms with Crippen molar-refractivity contribution >= 4 is 33.7 Å². The standard InChI is InChI=1S/C12H12N6O2S2/c1-8-13-10-14-11(15-18(10)12(21)17(8)2)22(19,20)16-9-6-4-3-5-7-9/h3-7,16H,1-2H3. The van der Waals surface area contributed by atoms with Gasteiger partial charge < -0.3 is 4.57 Å². The molecule has 2 aromatic heterocycles. The molecule has 0 bridgehead atoms. The summed E-state index contributed by atoms with van der Waals surface area (Å²) in [6.07, 6.45) is 0. The summed E-state index contributed by atoms with van der Waals surface area (Å²) in [4.78, 5) is 8.12. The predicted molar refractivity (Wildman–Crippen MR) is 82.6 cm³/mol. The van der Waals surface area contributed by atoms with Crippen molar-refractivity contribution in [2.24, 2.45) is 7.05 Å². The van der Waals surface area contributed by atoms with E-state index < -0.39 is 10.0 Å². The summed E-state index contributed by atoms with van der Waals surface area (Å²) in [5.74, 6) is 0.763. The molecule has 0 fully saturated rings. The first kappa shape index (κ1) is 14.6. The van der Waals surface area contributed by atoms with E-state index >= 15 is 0 Å². The smallest absolute Gasteiger partial charge is 0.299 e. The fourth-order valence-corrected chi connectivity index (χ4v) is 2.99. The molecule has 0 radical (unpaired) electrons. The van der Waals surface area contributed by atoms with Crippen LogP contribution in [0.3, 0.4) is 0 Å². The van der Waals surface area contributed by atoms with E-state index in [1.807, 2.05) is 0 Å². The fourth-order valence-electron chi connectivity index (χ4n) is 1.81. The van der Waals surface area contributed by atoms with E-state index in [2.05, 4.69) is 19.8 Å². The van der Waals surface area contributed by atoms with E-state index in [0.29, 0.717) is 16.3 Å². The number of aryl methyl sites for hydroxylation is 1. The maximum Gasteiger partial charge on any atom is 0.299 e. The van der Waals surface area contributed by atoms with Crippen LogP contribution in [-0.2, 0) is 17.1 Å². The van der Waals surface area contributed by atoms with Gasteiger partial charge in [0.2, 0.25) is 4.77 Å².